The molecule has 0 bridgehead atoms. The smallest absolute Gasteiger partial charge is 0.191 e. The minimum atomic E-state index is 0.296. The van der Waals surface area contributed by atoms with Gasteiger partial charge in [0.1, 0.15) is 5.75 Å². The molecule has 0 amide bonds. The Balaban J connectivity index is 1.68. The van der Waals surface area contributed by atoms with E-state index in [9.17, 15) is 0 Å². The Labute approximate surface area is 188 Å². The number of likely N-dealkylation sites (N-methyl/N-ethyl adjacent to an activating group) is 2. The topological polar surface area (TPSA) is 55.4 Å². The van der Waals surface area contributed by atoms with Gasteiger partial charge in [-0.2, -0.15) is 0 Å². The number of guanidine groups is 1. The van der Waals surface area contributed by atoms with Gasteiger partial charge in [0.25, 0.3) is 0 Å². The second-order valence-corrected chi connectivity index (χ2v) is 8.88. The first-order valence-electron chi connectivity index (χ1n) is 11.9. The summed E-state index contributed by atoms with van der Waals surface area (Å²) < 4.78 is 5.36. The summed E-state index contributed by atoms with van der Waals surface area (Å²) in [4.78, 5) is 12.5. The van der Waals surface area contributed by atoms with Crippen LogP contribution in [0.5, 0.6) is 5.75 Å². The number of piperidine rings is 1. The van der Waals surface area contributed by atoms with Crippen molar-refractivity contribution in [3.8, 4) is 5.75 Å². The van der Waals surface area contributed by atoms with Crippen LogP contribution in [0.2, 0.25) is 0 Å². The van der Waals surface area contributed by atoms with E-state index in [1.54, 1.807) is 7.11 Å². The quantitative estimate of drug-likeness (QED) is 0.486. The van der Waals surface area contributed by atoms with Gasteiger partial charge in [0.15, 0.2) is 5.96 Å². The predicted molar refractivity (Wildman–Crippen MR) is 129 cm³/mol. The molecule has 31 heavy (non-hydrogen) atoms. The number of nitrogens with zero attached hydrogens (tertiary/aromatic N) is 4. The molecule has 0 spiro atoms. The molecular weight excluding hydrogens is 388 g/mol. The number of ether oxygens (including phenoxy) is 1. The Morgan fingerprint density at radius 2 is 1.81 bits per heavy atom. The van der Waals surface area contributed by atoms with E-state index >= 15 is 0 Å². The summed E-state index contributed by atoms with van der Waals surface area (Å²) in [5, 5.41) is 7.05. The van der Waals surface area contributed by atoms with Gasteiger partial charge in [-0.05, 0) is 64.6 Å². The predicted octanol–water partition coefficient (Wildman–Crippen LogP) is 2.02. The van der Waals surface area contributed by atoms with Gasteiger partial charge in [0.05, 0.1) is 19.7 Å². The van der Waals surface area contributed by atoms with Crippen LogP contribution in [0.25, 0.3) is 0 Å². The van der Waals surface area contributed by atoms with Gasteiger partial charge >= 0.3 is 0 Å². The van der Waals surface area contributed by atoms with Crippen LogP contribution in [0.4, 0.5) is 0 Å². The molecule has 2 heterocycles. The first-order chi connectivity index (χ1) is 15.1. The van der Waals surface area contributed by atoms with Crippen LogP contribution in [0, 0.1) is 0 Å². The summed E-state index contributed by atoms with van der Waals surface area (Å²) in [7, 11) is 6.15. The molecule has 2 N–H and O–H groups in total. The molecule has 2 fully saturated rings. The van der Waals surface area contributed by atoms with Gasteiger partial charge in [-0.25, -0.2) is 0 Å². The molecule has 3 rings (SSSR count). The van der Waals surface area contributed by atoms with Crippen LogP contribution >= 0.6 is 0 Å². The monoisotopic (exact) mass is 430 g/mol. The average molecular weight is 431 g/mol. The van der Waals surface area contributed by atoms with Crippen LogP contribution in [-0.4, -0.2) is 100 Å². The van der Waals surface area contributed by atoms with E-state index in [0.29, 0.717) is 12.1 Å². The second-order valence-electron chi connectivity index (χ2n) is 8.88. The van der Waals surface area contributed by atoms with Crippen LogP contribution < -0.4 is 15.4 Å². The maximum atomic E-state index is 5.36. The number of hydrogen-bond donors (Lipinski definition) is 2. The summed E-state index contributed by atoms with van der Waals surface area (Å²) in [5.41, 5.74) is 1.32. The summed E-state index contributed by atoms with van der Waals surface area (Å²) in [6, 6.07) is 9.32. The zero-order valence-electron chi connectivity index (χ0n) is 19.9. The molecule has 2 atom stereocenters. The van der Waals surface area contributed by atoms with Crippen molar-refractivity contribution in [1.29, 1.82) is 0 Å². The molecule has 2 saturated heterocycles. The highest BCUT2D eigenvalue weighted by Gasteiger charge is 2.24. The summed E-state index contributed by atoms with van der Waals surface area (Å²) in [5.74, 6) is 1.82. The van der Waals surface area contributed by atoms with Crippen LogP contribution in [-0.2, 0) is 0 Å². The number of methoxy groups -OCH3 is 1. The van der Waals surface area contributed by atoms with Gasteiger partial charge in [0.2, 0.25) is 0 Å². The molecule has 7 heteroatoms. The molecule has 0 radical (unpaired) electrons. The summed E-state index contributed by atoms with van der Waals surface area (Å²) >= 11 is 0. The number of hydrogen-bond acceptors (Lipinski definition) is 5. The van der Waals surface area contributed by atoms with E-state index in [1.807, 2.05) is 0 Å². The standard InChI is InChI=1S/C24H42N6O/c1-5-25-24(26-17-21-19-28(2)15-16-29(21)3)27-18-23(30-13-7-6-8-14-30)20-9-11-22(31-4)12-10-20/h9-12,21,23H,5-8,13-19H2,1-4H3,(H2,25,26,27). The summed E-state index contributed by atoms with van der Waals surface area (Å²) in [6.45, 7) is 10.3. The lowest BCUT2D eigenvalue weighted by Gasteiger charge is -2.38. The Morgan fingerprint density at radius 3 is 2.48 bits per heavy atom. The molecule has 0 aliphatic carbocycles. The number of benzene rings is 1. The third-order valence-electron chi connectivity index (χ3n) is 6.58. The highest BCUT2D eigenvalue weighted by molar-refractivity contribution is 5.79. The van der Waals surface area contributed by atoms with Gasteiger partial charge in [-0.1, -0.05) is 18.6 Å². The average Bonchev–Trinajstić information content (AvgIpc) is 2.80. The maximum absolute atomic E-state index is 5.36. The lowest BCUT2D eigenvalue weighted by atomic mass is 10.0. The van der Waals surface area contributed by atoms with Crippen molar-refractivity contribution in [3.05, 3.63) is 29.8 Å². The van der Waals surface area contributed by atoms with E-state index in [-0.39, 0.29) is 0 Å². The highest BCUT2D eigenvalue weighted by atomic mass is 16.5. The fourth-order valence-electron chi connectivity index (χ4n) is 4.54. The van der Waals surface area contributed by atoms with E-state index in [1.165, 1.54) is 24.8 Å². The van der Waals surface area contributed by atoms with E-state index in [0.717, 1.165) is 64.1 Å². The number of rotatable bonds is 8. The first kappa shape index (κ1) is 23.8. The molecule has 0 saturated carbocycles. The zero-order valence-corrected chi connectivity index (χ0v) is 19.9. The van der Waals surface area contributed by atoms with Crippen LogP contribution in [0.1, 0.15) is 37.8 Å². The maximum Gasteiger partial charge on any atom is 0.191 e. The molecule has 1 aromatic rings. The lowest BCUT2D eigenvalue weighted by Crippen LogP contribution is -2.55. The summed E-state index contributed by atoms with van der Waals surface area (Å²) in [6.07, 6.45) is 3.88. The number of piperazine rings is 1. The second kappa shape index (κ2) is 12.3. The Morgan fingerprint density at radius 1 is 1.06 bits per heavy atom. The Bertz CT molecular complexity index is 673. The first-order valence-corrected chi connectivity index (χ1v) is 11.9. The molecule has 2 unspecified atom stereocenters. The molecule has 1 aromatic carbocycles. The van der Waals surface area contributed by atoms with Crippen LogP contribution in [0.3, 0.4) is 0 Å². The normalized spacial score (nSPS) is 22.8. The van der Waals surface area contributed by atoms with Crippen molar-refractivity contribution in [2.24, 2.45) is 4.99 Å². The SMILES string of the molecule is CCNC(=NCC(c1ccc(OC)cc1)N1CCCCC1)NCC1CN(C)CCN1C. The Kier molecular flexibility index (Phi) is 9.43. The number of aliphatic imine (C=N–C) groups is 1. The third-order valence-corrected chi connectivity index (χ3v) is 6.58. The molecular formula is C24H42N6O. The minimum Gasteiger partial charge on any atom is -0.497 e. The van der Waals surface area contributed by atoms with Crippen molar-refractivity contribution in [2.75, 3.05) is 73.6 Å². The van der Waals surface area contributed by atoms with Crippen LogP contribution in [0.15, 0.2) is 29.3 Å². The highest BCUT2D eigenvalue weighted by Crippen LogP contribution is 2.26. The third kappa shape index (κ3) is 7.09. The van der Waals surface area contributed by atoms with Gasteiger partial charge < -0.3 is 20.3 Å². The van der Waals surface area contributed by atoms with E-state index in [4.69, 9.17) is 9.73 Å². The molecule has 174 valence electrons. The van der Waals surface area contributed by atoms with Crippen molar-refractivity contribution in [1.82, 2.24) is 25.3 Å². The molecule has 2 aliphatic rings. The van der Waals surface area contributed by atoms with Crippen molar-refractivity contribution < 1.29 is 4.74 Å². The fourth-order valence-corrected chi connectivity index (χ4v) is 4.54. The van der Waals surface area contributed by atoms with E-state index < -0.39 is 0 Å². The number of nitrogens with one attached hydrogen (secondary N) is 2. The van der Waals surface area contributed by atoms with Gasteiger partial charge in [-0.3, -0.25) is 14.8 Å². The molecule has 7 nitrogen and oxygen atoms in total. The van der Waals surface area contributed by atoms with Crippen molar-refractivity contribution >= 4 is 5.96 Å². The Hall–Kier alpha value is -1.83. The van der Waals surface area contributed by atoms with Gasteiger partial charge in [0, 0.05) is 38.8 Å². The number of likely N-dealkylation sites (tertiary alicyclic amines) is 1. The molecule has 0 aromatic heterocycles. The van der Waals surface area contributed by atoms with Gasteiger partial charge in [-0.15, -0.1) is 0 Å². The lowest BCUT2D eigenvalue weighted by molar-refractivity contribution is 0.116. The minimum absolute atomic E-state index is 0.296. The van der Waals surface area contributed by atoms with Crippen molar-refractivity contribution in [2.45, 2.75) is 38.3 Å². The zero-order chi connectivity index (χ0) is 22.1. The largest absolute Gasteiger partial charge is 0.497 e. The molecule has 2 aliphatic heterocycles. The fraction of sp³-hybridized carbons (Fsp3) is 0.708. The van der Waals surface area contributed by atoms with Crippen molar-refractivity contribution in [3.63, 3.8) is 0 Å². The van der Waals surface area contributed by atoms with E-state index in [2.05, 4.69) is 70.6 Å².